The van der Waals surface area contributed by atoms with E-state index in [0.29, 0.717) is 32.5 Å². The van der Waals surface area contributed by atoms with Crippen LogP contribution >= 0.6 is 0 Å². The lowest BCUT2D eigenvalue weighted by Crippen LogP contribution is -2.38. The smallest absolute Gasteiger partial charge is 0.307 e. The molecule has 256 valence electrons. The Morgan fingerprint density at radius 2 is 1.02 bits per heavy atom. The summed E-state index contributed by atoms with van der Waals surface area (Å²) < 4.78 is 5.32. The summed E-state index contributed by atoms with van der Waals surface area (Å²) in [6.07, 6.45) is 22.2. The van der Waals surface area contributed by atoms with Crippen molar-refractivity contribution in [1.82, 2.24) is 4.90 Å². The molecule has 0 aromatic carbocycles. The minimum absolute atomic E-state index is 0.120. The van der Waals surface area contributed by atoms with Crippen molar-refractivity contribution in [3.63, 3.8) is 0 Å². The molecular weight excluding hydrogens is 542 g/mol. The number of rotatable bonds is 30. The highest BCUT2D eigenvalue weighted by Gasteiger charge is 2.25. The summed E-state index contributed by atoms with van der Waals surface area (Å²) >= 11 is 0. The molecule has 3 atom stereocenters. The normalized spacial score (nSPS) is 14.1. The predicted molar refractivity (Wildman–Crippen MR) is 178 cm³/mol. The van der Waals surface area contributed by atoms with Gasteiger partial charge in [-0.15, -0.1) is 0 Å². The fourth-order valence-electron chi connectivity index (χ4n) is 5.69. The fourth-order valence-corrected chi connectivity index (χ4v) is 5.69. The van der Waals surface area contributed by atoms with Gasteiger partial charge in [0, 0.05) is 13.1 Å². The second kappa shape index (κ2) is 27.2. The van der Waals surface area contributed by atoms with Gasteiger partial charge in [-0.1, -0.05) is 123 Å². The molecule has 43 heavy (non-hydrogen) atoms. The van der Waals surface area contributed by atoms with Crippen molar-refractivity contribution in [2.45, 2.75) is 194 Å². The Hall–Kier alpha value is -1.18. The first-order valence-electron chi connectivity index (χ1n) is 18.0. The lowest BCUT2D eigenvalue weighted by Gasteiger charge is -2.27. The van der Waals surface area contributed by atoms with Crippen LogP contribution in [0.25, 0.3) is 0 Å². The molecule has 0 rings (SSSR count). The monoisotopic (exact) mass is 614 g/mol. The van der Waals surface area contributed by atoms with E-state index < -0.39 is 35.7 Å². The second-order valence-electron chi connectivity index (χ2n) is 13.9. The van der Waals surface area contributed by atoms with Gasteiger partial charge in [0.15, 0.2) is 0 Å². The average Bonchev–Trinajstić information content (AvgIpc) is 2.92. The summed E-state index contributed by atoms with van der Waals surface area (Å²) in [6, 6.07) is 0. The molecule has 0 heterocycles. The van der Waals surface area contributed by atoms with Crippen molar-refractivity contribution >= 4 is 11.9 Å². The van der Waals surface area contributed by atoms with Gasteiger partial charge in [-0.3, -0.25) is 14.5 Å². The van der Waals surface area contributed by atoms with E-state index in [0.717, 1.165) is 44.9 Å². The molecule has 0 saturated heterocycles. The molecule has 0 aliphatic rings. The Kier molecular flexibility index (Phi) is 26.4. The van der Waals surface area contributed by atoms with Gasteiger partial charge in [-0.25, -0.2) is 0 Å². The number of unbranched alkanes of at least 4 members (excludes halogenated alkanes) is 15. The molecule has 0 spiro atoms. The molecular formula is C36H71NO6. The molecule has 0 saturated carbocycles. The Balaban J connectivity index is 4.67. The Bertz CT molecular complexity index is 637. The van der Waals surface area contributed by atoms with E-state index in [2.05, 4.69) is 18.7 Å². The van der Waals surface area contributed by atoms with Crippen molar-refractivity contribution in [3.05, 3.63) is 0 Å². The van der Waals surface area contributed by atoms with Crippen LogP contribution in [-0.2, 0) is 14.3 Å². The van der Waals surface area contributed by atoms with Crippen LogP contribution in [0.5, 0.6) is 0 Å². The van der Waals surface area contributed by atoms with E-state index in [1.807, 2.05) is 0 Å². The average molecular weight is 614 g/mol. The second-order valence-corrected chi connectivity index (χ2v) is 13.9. The van der Waals surface area contributed by atoms with Gasteiger partial charge in [0.1, 0.15) is 5.60 Å². The fraction of sp³-hybridized carbons (Fsp3) is 0.944. The number of esters is 1. The van der Waals surface area contributed by atoms with E-state index in [1.54, 1.807) is 20.8 Å². The third kappa shape index (κ3) is 28.1. The third-order valence-electron chi connectivity index (χ3n) is 8.18. The molecule has 0 bridgehead atoms. The molecule has 3 unspecified atom stereocenters. The summed E-state index contributed by atoms with van der Waals surface area (Å²) in [5, 5.41) is 31.2. The molecule has 7 heteroatoms. The highest BCUT2D eigenvalue weighted by molar-refractivity contribution is 5.78. The number of carbonyl (C=O) groups excluding carboxylic acids is 1. The zero-order valence-electron chi connectivity index (χ0n) is 28.9. The Morgan fingerprint density at radius 3 is 1.42 bits per heavy atom. The van der Waals surface area contributed by atoms with Crippen LogP contribution in [0.4, 0.5) is 0 Å². The molecule has 0 radical (unpaired) electrons. The number of carboxylic acids is 1. The number of carboxylic acid groups (broad SMARTS) is 1. The molecule has 3 N–H and O–H groups in total. The van der Waals surface area contributed by atoms with E-state index in [9.17, 15) is 24.9 Å². The summed E-state index contributed by atoms with van der Waals surface area (Å²) in [5.41, 5.74) is -0.633. The number of carbonyl (C=O) groups is 2. The molecule has 0 aliphatic carbocycles. The number of aliphatic hydroxyl groups excluding tert-OH is 2. The van der Waals surface area contributed by atoms with Crippen molar-refractivity contribution in [2.24, 2.45) is 5.92 Å². The van der Waals surface area contributed by atoms with Crippen molar-refractivity contribution in [1.29, 1.82) is 0 Å². The van der Waals surface area contributed by atoms with Crippen LogP contribution in [0.3, 0.4) is 0 Å². The molecule has 0 aromatic rings. The third-order valence-corrected chi connectivity index (χ3v) is 8.18. The number of hydrogen-bond acceptors (Lipinski definition) is 6. The summed E-state index contributed by atoms with van der Waals surface area (Å²) in [4.78, 5) is 26.1. The highest BCUT2D eigenvalue weighted by atomic mass is 16.6. The summed E-state index contributed by atoms with van der Waals surface area (Å²) in [5.74, 6) is -2.21. The standard InChI is InChI=1S/C36H71NO6/c1-6-8-10-12-14-16-18-20-25-32(38)29-37(30-33(39)26-21-19-17-15-13-11-9-7-2)27-23-22-24-31(35(41)42)28-34(40)43-36(3,4)5/h31-33,38-39H,6-30H2,1-5H3,(H,41,42). The van der Waals surface area contributed by atoms with Crippen LogP contribution < -0.4 is 0 Å². The SMILES string of the molecule is CCCCCCCCCCC(O)CN(CCCCC(CC(=O)OC(C)(C)C)C(=O)O)CC(O)CCCCCCCCCC. The van der Waals surface area contributed by atoms with Gasteiger partial charge < -0.3 is 20.1 Å². The van der Waals surface area contributed by atoms with Crippen LogP contribution in [0.15, 0.2) is 0 Å². The van der Waals surface area contributed by atoms with E-state index in [-0.39, 0.29) is 6.42 Å². The van der Waals surface area contributed by atoms with Crippen molar-refractivity contribution in [3.8, 4) is 0 Å². The van der Waals surface area contributed by atoms with Crippen LogP contribution in [0, 0.1) is 5.92 Å². The Morgan fingerprint density at radius 1 is 0.628 bits per heavy atom. The maximum absolute atomic E-state index is 12.2. The zero-order valence-corrected chi connectivity index (χ0v) is 28.9. The molecule has 0 aliphatic heterocycles. The number of hydrogen-bond donors (Lipinski definition) is 3. The Labute approximate surface area is 265 Å². The number of nitrogens with zero attached hydrogens (tertiary/aromatic N) is 1. The minimum Gasteiger partial charge on any atom is -0.481 e. The van der Waals surface area contributed by atoms with Crippen LogP contribution in [0.1, 0.15) is 176 Å². The first-order chi connectivity index (χ1) is 20.5. The topological polar surface area (TPSA) is 107 Å². The number of aliphatic hydroxyl groups is 2. The molecule has 0 aromatic heterocycles. The van der Waals surface area contributed by atoms with Gasteiger partial charge in [-0.2, -0.15) is 0 Å². The molecule has 0 fully saturated rings. The van der Waals surface area contributed by atoms with E-state index >= 15 is 0 Å². The maximum atomic E-state index is 12.2. The van der Waals surface area contributed by atoms with Crippen LogP contribution in [-0.4, -0.2) is 69.6 Å². The molecule has 0 amide bonds. The van der Waals surface area contributed by atoms with Crippen molar-refractivity contribution < 1.29 is 29.6 Å². The number of aliphatic carboxylic acids is 1. The zero-order chi connectivity index (χ0) is 32.3. The lowest BCUT2D eigenvalue weighted by atomic mass is 9.98. The predicted octanol–water partition coefficient (Wildman–Crippen LogP) is 8.67. The summed E-state index contributed by atoms with van der Waals surface area (Å²) in [7, 11) is 0. The summed E-state index contributed by atoms with van der Waals surface area (Å²) in [6.45, 7) is 11.6. The maximum Gasteiger partial charge on any atom is 0.307 e. The van der Waals surface area contributed by atoms with E-state index in [1.165, 1.54) is 77.0 Å². The quantitative estimate of drug-likeness (QED) is 0.0549. The minimum atomic E-state index is -0.968. The molecule has 7 nitrogen and oxygen atoms in total. The first kappa shape index (κ1) is 41.8. The van der Waals surface area contributed by atoms with E-state index in [4.69, 9.17) is 4.74 Å². The first-order valence-corrected chi connectivity index (χ1v) is 18.0. The lowest BCUT2D eigenvalue weighted by molar-refractivity contribution is -0.160. The number of ether oxygens (including phenoxy) is 1. The van der Waals surface area contributed by atoms with Crippen molar-refractivity contribution in [2.75, 3.05) is 19.6 Å². The highest BCUT2D eigenvalue weighted by Crippen LogP contribution is 2.19. The van der Waals surface area contributed by atoms with Gasteiger partial charge in [0.05, 0.1) is 24.5 Å². The van der Waals surface area contributed by atoms with Gasteiger partial charge in [-0.05, 0) is 53.0 Å². The van der Waals surface area contributed by atoms with Gasteiger partial charge >= 0.3 is 11.9 Å². The van der Waals surface area contributed by atoms with Crippen LogP contribution in [0.2, 0.25) is 0 Å². The largest absolute Gasteiger partial charge is 0.481 e. The van der Waals surface area contributed by atoms with Gasteiger partial charge in [0.25, 0.3) is 0 Å². The van der Waals surface area contributed by atoms with Gasteiger partial charge in [0.2, 0.25) is 0 Å².